The monoisotopic (exact) mass is 351 g/mol. The molecule has 0 aliphatic heterocycles. The minimum atomic E-state index is -1.66. The summed E-state index contributed by atoms with van der Waals surface area (Å²) in [5, 5.41) is 0. The molecule has 0 bridgehead atoms. The highest BCUT2D eigenvalue weighted by atomic mass is 28.4. The van der Waals surface area contributed by atoms with E-state index in [2.05, 4.69) is 48.2 Å². The number of fused-ring (bicyclic) bond motifs is 1. The van der Waals surface area contributed by atoms with Crippen LogP contribution < -0.4 is 4.43 Å². The Kier molecular flexibility index (Phi) is 4.77. The van der Waals surface area contributed by atoms with Crippen LogP contribution in [0.5, 0.6) is 5.75 Å². The van der Waals surface area contributed by atoms with Gasteiger partial charge in [-0.05, 0) is 44.8 Å². The van der Waals surface area contributed by atoms with Crippen molar-refractivity contribution in [2.45, 2.75) is 32.6 Å². The second kappa shape index (κ2) is 6.84. The van der Waals surface area contributed by atoms with Crippen LogP contribution in [0.25, 0.3) is 11.0 Å². The van der Waals surface area contributed by atoms with E-state index in [1.807, 2.05) is 49.7 Å². The molecule has 0 saturated heterocycles. The standard InChI is InChI=1S/C20H25N3OSi/c1-15(16-10-6-9-13-19(16)24-25(3,4)5)21-14-20-22-17-11-7-8-12-18(17)23(20)2/h6-15H,1-5H3. The highest BCUT2D eigenvalue weighted by molar-refractivity contribution is 6.70. The minimum Gasteiger partial charge on any atom is -0.544 e. The molecular formula is C20H25N3OSi. The SMILES string of the molecule is CC(N=Cc1nc2ccccc2n1C)c1ccccc1O[Si](C)(C)C. The number of aliphatic imine (C=N–C) groups is 1. The number of rotatable bonds is 5. The molecule has 0 aliphatic rings. The van der Waals surface area contributed by atoms with Gasteiger partial charge in [-0.15, -0.1) is 0 Å². The van der Waals surface area contributed by atoms with Gasteiger partial charge in [0, 0.05) is 12.6 Å². The predicted molar refractivity (Wildman–Crippen MR) is 107 cm³/mol. The second-order valence-electron chi connectivity index (χ2n) is 7.22. The zero-order valence-electron chi connectivity index (χ0n) is 15.5. The van der Waals surface area contributed by atoms with Crippen LogP contribution >= 0.6 is 0 Å². The molecule has 0 fully saturated rings. The molecular weight excluding hydrogens is 326 g/mol. The van der Waals surface area contributed by atoms with Gasteiger partial charge in [-0.3, -0.25) is 4.99 Å². The van der Waals surface area contributed by atoms with Crippen LogP contribution in [-0.4, -0.2) is 24.1 Å². The molecule has 0 radical (unpaired) electrons. The molecule has 3 rings (SSSR count). The van der Waals surface area contributed by atoms with Crippen LogP contribution in [0.2, 0.25) is 19.6 Å². The highest BCUT2D eigenvalue weighted by Gasteiger charge is 2.19. The Morgan fingerprint density at radius 3 is 2.48 bits per heavy atom. The Hall–Kier alpha value is -2.40. The van der Waals surface area contributed by atoms with Gasteiger partial charge in [0.25, 0.3) is 0 Å². The van der Waals surface area contributed by atoms with Gasteiger partial charge in [0.15, 0.2) is 5.82 Å². The van der Waals surface area contributed by atoms with Crippen LogP contribution in [0.1, 0.15) is 24.4 Å². The zero-order valence-corrected chi connectivity index (χ0v) is 16.5. The summed E-state index contributed by atoms with van der Waals surface area (Å²) in [5.74, 6) is 1.80. The largest absolute Gasteiger partial charge is 0.544 e. The van der Waals surface area contributed by atoms with Gasteiger partial charge in [0.1, 0.15) is 5.75 Å². The van der Waals surface area contributed by atoms with Crippen molar-refractivity contribution >= 4 is 25.6 Å². The molecule has 3 aromatic rings. The molecule has 4 nitrogen and oxygen atoms in total. The first-order valence-electron chi connectivity index (χ1n) is 8.58. The van der Waals surface area contributed by atoms with Crippen molar-refractivity contribution in [3.05, 3.63) is 59.9 Å². The lowest BCUT2D eigenvalue weighted by molar-refractivity contribution is 0.543. The lowest BCUT2D eigenvalue weighted by Gasteiger charge is -2.22. The number of aryl methyl sites for hydroxylation is 1. The van der Waals surface area contributed by atoms with Crippen LogP contribution in [-0.2, 0) is 7.05 Å². The Bertz CT molecular complexity index is 909. The highest BCUT2D eigenvalue weighted by Crippen LogP contribution is 2.29. The summed E-state index contributed by atoms with van der Waals surface area (Å²) in [6.07, 6.45) is 1.86. The fourth-order valence-corrected chi connectivity index (χ4v) is 3.63. The summed E-state index contributed by atoms with van der Waals surface area (Å²) in [5.41, 5.74) is 3.21. The molecule has 0 saturated carbocycles. The Labute approximate surface area is 150 Å². The molecule has 2 aromatic carbocycles. The van der Waals surface area contributed by atoms with Crippen LogP contribution in [0.3, 0.4) is 0 Å². The van der Waals surface area contributed by atoms with E-state index in [1.54, 1.807) is 0 Å². The first-order chi connectivity index (χ1) is 11.8. The summed E-state index contributed by atoms with van der Waals surface area (Å²) in [7, 11) is 0.356. The first kappa shape index (κ1) is 17.4. The second-order valence-corrected chi connectivity index (χ2v) is 11.7. The van der Waals surface area contributed by atoms with E-state index in [9.17, 15) is 0 Å². The fourth-order valence-electron chi connectivity index (χ4n) is 2.79. The maximum Gasteiger partial charge on any atom is 0.242 e. The minimum absolute atomic E-state index is 0.00682. The van der Waals surface area contributed by atoms with E-state index >= 15 is 0 Å². The fraction of sp³-hybridized carbons (Fsp3) is 0.300. The molecule has 25 heavy (non-hydrogen) atoms. The summed E-state index contributed by atoms with van der Waals surface area (Å²) in [4.78, 5) is 9.39. The third-order valence-electron chi connectivity index (χ3n) is 4.02. The predicted octanol–water partition coefficient (Wildman–Crippen LogP) is 4.97. The molecule has 1 atom stereocenters. The lowest BCUT2D eigenvalue weighted by Crippen LogP contribution is -2.29. The number of aromatic nitrogens is 2. The third-order valence-corrected chi connectivity index (χ3v) is 4.85. The van der Waals surface area contributed by atoms with Crippen molar-refractivity contribution < 1.29 is 4.43 Å². The quantitative estimate of drug-likeness (QED) is 0.481. The number of imidazole rings is 1. The van der Waals surface area contributed by atoms with E-state index in [0.717, 1.165) is 28.2 Å². The van der Waals surface area contributed by atoms with Crippen LogP contribution in [0, 0.1) is 0 Å². The van der Waals surface area contributed by atoms with Crippen molar-refractivity contribution in [3.8, 4) is 5.75 Å². The van der Waals surface area contributed by atoms with Crippen molar-refractivity contribution in [2.75, 3.05) is 0 Å². The average Bonchev–Trinajstić information content (AvgIpc) is 2.88. The number of hydrogen-bond acceptors (Lipinski definition) is 3. The van der Waals surface area contributed by atoms with Gasteiger partial charge in [0.05, 0.1) is 23.3 Å². The number of para-hydroxylation sites is 3. The maximum absolute atomic E-state index is 6.22. The molecule has 0 spiro atoms. The van der Waals surface area contributed by atoms with Gasteiger partial charge in [0.2, 0.25) is 8.32 Å². The van der Waals surface area contributed by atoms with Gasteiger partial charge >= 0.3 is 0 Å². The third kappa shape index (κ3) is 3.99. The average molecular weight is 352 g/mol. The summed E-state index contributed by atoms with van der Waals surface area (Å²) in [6.45, 7) is 8.66. The van der Waals surface area contributed by atoms with Crippen molar-refractivity contribution in [1.82, 2.24) is 9.55 Å². The topological polar surface area (TPSA) is 39.4 Å². The molecule has 1 unspecified atom stereocenters. The van der Waals surface area contributed by atoms with Gasteiger partial charge < -0.3 is 8.99 Å². The zero-order chi connectivity index (χ0) is 18.0. The molecule has 5 heteroatoms. The normalized spacial score (nSPS) is 13.5. The van der Waals surface area contributed by atoms with E-state index in [1.165, 1.54) is 0 Å². The van der Waals surface area contributed by atoms with Crippen molar-refractivity contribution in [2.24, 2.45) is 12.0 Å². The van der Waals surface area contributed by atoms with Crippen molar-refractivity contribution in [1.29, 1.82) is 0 Å². The first-order valence-corrected chi connectivity index (χ1v) is 12.0. The molecule has 130 valence electrons. The van der Waals surface area contributed by atoms with Crippen LogP contribution in [0.15, 0.2) is 53.5 Å². The molecule has 1 heterocycles. The number of benzene rings is 2. The van der Waals surface area contributed by atoms with E-state index in [-0.39, 0.29) is 6.04 Å². The molecule has 0 aliphatic carbocycles. The Morgan fingerprint density at radius 1 is 1.08 bits per heavy atom. The summed E-state index contributed by atoms with van der Waals surface area (Å²) in [6, 6.07) is 16.3. The molecule has 1 aromatic heterocycles. The number of hydrogen-bond donors (Lipinski definition) is 0. The number of nitrogens with zero attached hydrogens (tertiary/aromatic N) is 3. The Morgan fingerprint density at radius 2 is 1.76 bits per heavy atom. The smallest absolute Gasteiger partial charge is 0.242 e. The van der Waals surface area contributed by atoms with E-state index < -0.39 is 8.32 Å². The van der Waals surface area contributed by atoms with Crippen molar-refractivity contribution in [3.63, 3.8) is 0 Å². The van der Waals surface area contributed by atoms with Gasteiger partial charge in [-0.2, -0.15) is 0 Å². The van der Waals surface area contributed by atoms with E-state index in [0.29, 0.717) is 0 Å². The van der Waals surface area contributed by atoms with Crippen LogP contribution in [0.4, 0.5) is 0 Å². The molecule has 0 N–H and O–H groups in total. The van der Waals surface area contributed by atoms with Gasteiger partial charge in [-0.1, -0.05) is 30.3 Å². The van der Waals surface area contributed by atoms with E-state index in [4.69, 9.17) is 9.42 Å². The Balaban J connectivity index is 1.88. The summed E-state index contributed by atoms with van der Waals surface area (Å²) >= 11 is 0. The molecule has 0 amide bonds. The summed E-state index contributed by atoms with van der Waals surface area (Å²) < 4.78 is 8.29. The van der Waals surface area contributed by atoms with Gasteiger partial charge in [-0.25, -0.2) is 4.98 Å². The maximum atomic E-state index is 6.22. The lowest BCUT2D eigenvalue weighted by atomic mass is 10.1.